The van der Waals surface area contributed by atoms with E-state index in [0.29, 0.717) is 0 Å². The number of benzene rings is 2. The van der Waals surface area contributed by atoms with Gasteiger partial charge < -0.3 is 5.32 Å². The van der Waals surface area contributed by atoms with Gasteiger partial charge in [-0.1, -0.05) is 41.9 Å². The molecular formula is C15H15BrClNS. The lowest BCUT2D eigenvalue weighted by Crippen LogP contribution is -2.04. The Morgan fingerprint density at radius 1 is 1.05 bits per heavy atom. The fraction of sp³-hybridized carbons (Fsp3) is 0.200. The van der Waals surface area contributed by atoms with Gasteiger partial charge in [0, 0.05) is 33.2 Å². The molecule has 0 saturated heterocycles. The molecule has 0 bridgehead atoms. The van der Waals surface area contributed by atoms with Crippen LogP contribution in [0.2, 0.25) is 5.02 Å². The van der Waals surface area contributed by atoms with Crippen LogP contribution in [-0.2, 0) is 5.75 Å². The Bertz CT molecular complexity index is 486. The van der Waals surface area contributed by atoms with E-state index < -0.39 is 0 Å². The van der Waals surface area contributed by atoms with Crippen LogP contribution in [0.15, 0.2) is 53.0 Å². The molecule has 0 aromatic heterocycles. The average Bonchev–Trinajstić information content (AvgIpc) is 2.42. The molecule has 4 heteroatoms. The first-order chi connectivity index (χ1) is 9.27. The second-order valence-electron chi connectivity index (χ2n) is 4.05. The van der Waals surface area contributed by atoms with E-state index >= 15 is 0 Å². The number of thioether (sulfide) groups is 1. The van der Waals surface area contributed by atoms with E-state index in [0.717, 1.165) is 33.2 Å². The Balaban J connectivity index is 1.71. The first-order valence-electron chi connectivity index (χ1n) is 6.07. The van der Waals surface area contributed by atoms with Crippen molar-refractivity contribution in [2.75, 3.05) is 17.6 Å². The van der Waals surface area contributed by atoms with Crippen molar-refractivity contribution >= 4 is 45.0 Å². The Hall–Kier alpha value is -0.640. The van der Waals surface area contributed by atoms with Gasteiger partial charge in [0.2, 0.25) is 0 Å². The van der Waals surface area contributed by atoms with E-state index in [2.05, 4.69) is 33.4 Å². The molecule has 0 amide bonds. The topological polar surface area (TPSA) is 12.0 Å². The van der Waals surface area contributed by atoms with Crippen LogP contribution in [0.1, 0.15) is 5.56 Å². The lowest BCUT2D eigenvalue weighted by Gasteiger charge is -2.08. The van der Waals surface area contributed by atoms with E-state index in [1.807, 2.05) is 48.2 Å². The van der Waals surface area contributed by atoms with Crippen LogP contribution < -0.4 is 5.32 Å². The normalized spacial score (nSPS) is 10.4. The van der Waals surface area contributed by atoms with Crippen LogP contribution >= 0.6 is 39.3 Å². The van der Waals surface area contributed by atoms with Crippen LogP contribution in [0.25, 0.3) is 0 Å². The lowest BCUT2D eigenvalue weighted by molar-refractivity contribution is 1.22. The maximum absolute atomic E-state index is 6.12. The summed E-state index contributed by atoms with van der Waals surface area (Å²) in [5.74, 6) is 2.00. The molecule has 1 nitrogen and oxygen atoms in total. The molecule has 0 heterocycles. The van der Waals surface area contributed by atoms with Gasteiger partial charge in [-0.05, 0) is 39.7 Å². The van der Waals surface area contributed by atoms with Gasteiger partial charge in [0.05, 0.1) is 0 Å². The zero-order chi connectivity index (χ0) is 13.5. The zero-order valence-corrected chi connectivity index (χ0v) is 13.6. The van der Waals surface area contributed by atoms with Gasteiger partial charge >= 0.3 is 0 Å². The third-order valence-electron chi connectivity index (χ3n) is 2.65. The minimum atomic E-state index is 0.855. The largest absolute Gasteiger partial charge is 0.383 e. The highest BCUT2D eigenvalue weighted by atomic mass is 79.9. The Morgan fingerprint density at radius 3 is 2.58 bits per heavy atom. The minimum Gasteiger partial charge on any atom is -0.383 e. The molecule has 0 atom stereocenters. The number of para-hydroxylation sites is 1. The Kier molecular flexibility index (Phi) is 6.08. The number of hydrogen-bond donors (Lipinski definition) is 1. The maximum Gasteiger partial charge on any atom is 0.0484 e. The van der Waals surface area contributed by atoms with E-state index in [4.69, 9.17) is 11.6 Å². The zero-order valence-electron chi connectivity index (χ0n) is 10.4. The van der Waals surface area contributed by atoms with Gasteiger partial charge in [0.1, 0.15) is 0 Å². The number of nitrogens with one attached hydrogen (secondary N) is 1. The van der Waals surface area contributed by atoms with Gasteiger partial charge in [0.25, 0.3) is 0 Å². The molecule has 19 heavy (non-hydrogen) atoms. The molecule has 1 N–H and O–H groups in total. The molecule has 0 aliphatic rings. The monoisotopic (exact) mass is 355 g/mol. The highest BCUT2D eigenvalue weighted by molar-refractivity contribution is 9.10. The van der Waals surface area contributed by atoms with Crippen molar-refractivity contribution < 1.29 is 0 Å². The molecule has 0 spiro atoms. The molecule has 2 rings (SSSR count). The quantitative estimate of drug-likeness (QED) is 0.691. The van der Waals surface area contributed by atoms with Crippen LogP contribution in [-0.4, -0.2) is 12.3 Å². The third kappa shape index (κ3) is 4.75. The highest BCUT2D eigenvalue weighted by Gasteiger charge is 2.00. The van der Waals surface area contributed by atoms with E-state index in [-0.39, 0.29) is 0 Å². The minimum absolute atomic E-state index is 0.855. The smallest absolute Gasteiger partial charge is 0.0484 e. The van der Waals surface area contributed by atoms with Crippen molar-refractivity contribution in [2.24, 2.45) is 0 Å². The summed E-state index contributed by atoms with van der Waals surface area (Å²) >= 11 is 11.5. The summed E-state index contributed by atoms with van der Waals surface area (Å²) in [4.78, 5) is 0. The van der Waals surface area contributed by atoms with Gasteiger partial charge in [-0.2, -0.15) is 11.8 Å². The van der Waals surface area contributed by atoms with Crippen LogP contribution in [0.5, 0.6) is 0 Å². The van der Waals surface area contributed by atoms with E-state index in [1.54, 1.807) is 0 Å². The van der Waals surface area contributed by atoms with Crippen molar-refractivity contribution in [2.45, 2.75) is 5.75 Å². The molecule has 0 radical (unpaired) electrons. The van der Waals surface area contributed by atoms with E-state index in [1.165, 1.54) is 5.56 Å². The van der Waals surface area contributed by atoms with Gasteiger partial charge in [-0.3, -0.25) is 0 Å². The van der Waals surface area contributed by atoms with Gasteiger partial charge in [-0.15, -0.1) is 0 Å². The van der Waals surface area contributed by atoms with Crippen molar-refractivity contribution in [1.29, 1.82) is 0 Å². The number of halogens is 2. The molecular weight excluding hydrogens is 342 g/mol. The predicted octanol–water partition coefficient (Wildman–Crippen LogP) is 5.45. The summed E-state index contributed by atoms with van der Waals surface area (Å²) in [5, 5.41) is 4.27. The molecule has 0 aliphatic carbocycles. The van der Waals surface area contributed by atoms with Crippen LogP contribution in [0.3, 0.4) is 0 Å². The van der Waals surface area contributed by atoms with Crippen LogP contribution in [0, 0.1) is 0 Å². The number of anilines is 1. The second-order valence-corrected chi connectivity index (χ2v) is 6.42. The van der Waals surface area contributed by atoms with Gasteiger partial charge in [-0.25, -0.2) is 0 Å². The highest BCUT2D eigenvalue weighted by Crippen LogP contribution is 2.22. The molecule has 2 aromatic carbocycles. The summed E-state index contributed by atoms with van der Waals surface area (Å²) in [7, 11) is 0. The standard InChI is InChI=1S/C15H15BrClNS/c16-13-6-2-4-8-15(13)18-9-10-19-11-12-5-1-3-7-14(12)17/h1-8,18H,9-11H2. The Labute approximate surface area is 131 Å². The molecule has 2 aromatic rings. The first kappa shape index (κ1) is 14.8. The second kappa shape index (κ2) is 7.83. The first-order valence-corrected chi connectivity index (χ1v) is 8.39. The molecule has 100 valence electrons. The molecule has 0 fully saturated rings. The van der Waals surface area contributed by atoms with Crippen molar-refractivity contribution in [3.8, 4) is 0 Å². The summed E-state index contributed by atoms with van der Waals surface area (Å²) < 4.78 is 1.10. The van der Waals surface area contributed by atoms with Gasteiger partial charge in [0.15, 0.2) is 0 Å². The number of hydrogen-bond acceptors (Lipinski definition) is 2. The fourth-order valence-electron chi connectivity index (χ4n) is 1.66. The lowest BCUT2D eigenvalue weighted by atomic mass is 10.2. The van der Waals surface area contributed by atoms with E-state index in [9.17, 15) is 0 Å². The summed E-state index contributed by atoms with van der Waals surface area (Å²) in [5.41, 5.74) is 2.34. The van der Waals surface area contributed by atoms with Crippen molar-refractivity contribution in [1.82, 2.24) is 0 Å². The number of rotatable bonds is 6. The average molecular weight is 357 g/mol. The molecule has 0 saturated carbocycles. The predicted molar refractivity (Wildman–Crippen MR) is 90.2 cm³/mol. The van der Waals surface area contributed by atoms with Crippen molar-refractivity contribution in [3.63, 3.8) is 0 Å². The fourth-order valence-corrected chi connectivity index (χ4v) is 3.23. The Morgan fingerprint density at radius 2 is 1.79 bits per heavy atom. The molecule has 0 aliphatic heterocycles. The molecule has 0 unspecified atom stereocenters. The summed E-state index contributed by atoms with van der Waals surface area (Å²) in [6.45, 7) is 0.942. The summed E-state index contributed by atoms with van der Waals surface area (Å²) in [6, 6.07) is 16.2. The third-order valence-corrected chi connectivity index (χ3v) is 4.72. The SMILES string of the molecule is Clc1ccccc1CSCCNc1ccccc1Br. The van der Waals surface area contributed by atoms with Crippen LogP contribution in [0.4, 0.5) is 5.69 Å². The van der Waals surface area contributed by atoms with Crippen molar-refractivity contribution in [3.05, 3.63) is 63.6 Å². The maximum atomic E-state index is 6.12. The summed E-state index contributed by atoms with van der Waals surface area (Å²) in [6.07, 6.45) is 0.